The number of nitrogens with zero attached hydrogens (tertiary/aromatic N) is 4. The number of hydrogen-bond acceptors (Lipinski definition) is 8. The third-order valence-corrected chi connectivity index (χ3v) is 4.86. The van der Waals surface area contributed by atoms with Crippen LogP contribution < -0.4 is 15.4 Å². The first-order valence-electron chi connectivity index (χ1n) is 9.75. The third-order valence-electron chi connectivity index (χ3n) is 4.86. The van der Waals surface area contributed by atoms with Crippen molar-refractivity contribution >= 4 is 28.4 Å². The van der Waals surface area contributed by atoms with Crippen molar-refractivity contribution in [3.63, 3.8) is 0 Å². The van der Waals surface area contributed by atoms with Crippen molar-refractivity contribution in [3.8, 4) is 5.75 Å². The first kappa shape index (κ1) is 18.5. The van der Waals surface area contributed by atoms with Crippen molar-refractivity contribution in [3.05, 3.63) is 30.1 Å². The molecule has 8 heteroatoms. The molecule has 0 amide bonds. The van der Waals surface area contributed by atoms with E-state index >= 15 is 0 Å². The molecule has 2 N–H and O–H groups in total. The lowest BCUT2D eigenvalue weighted by Gasteiger charge is -2.15. The van der Waals surface area contributed by atoms with Gasteiger partial charge >= 0.3 is 0 Å². The molecule has 0 aliphatic carbocycles. The molecule has 3 heterocycles. The minimum atomic E-state index is 0.528. The van der Waals surface area contributed by atoms with Crippen LogP contribution in [-0.4, -0.2) is 53.3 Å². The van der Waals surface area contributed by atoms with Crippen LogP contribution in [0, 0.1) is 6.92 Å². The molecular weight excluding hydrogens is 356 g/mol. The normalized spacial score (nSPS) is 14.5. The molecule has 28 heavy (non-hydrogen) atoms. The molecule has 0 radical (unpaired) electrons. The summed E-state index contributed by atoms with van der Waals surface area (Å²) in [6, 6.07) is 5.76. The molecule has 1 aliphatic heterocycles. The van der Waals surface area contributed by atoms with Crippen LogP contribution in [0.3, 0.4) is 0 Å². The van der Waals surface area contributed by atoms with Crippen molar-refractivity contribution < 1.29 is 9.26 Å². The van der Waals surface area contributed by atoms with Gasteiger partial charge in [-0.2, -0.15) is 4.98 Å². The standard InChI is InChI=1S/C20H26N6O2/c1-14-10-18(21-2)25-20(23-14)24-16-11-15-13-22-28-19(15)17(12-16)27-9-5-8-26-6-3-4-7-26/h10-13H,3-9H2,1-2H3,(H2,21,23,24,25). The Kier molecular flexibility index (Phi) is 5.57. The number of ether oxygens (including phenoxy) is 1. The fraction of sp³-hybridized carbons (Fsp3) is 0.450. The molecule has 1 aliphatic rings. The SMILES string of the molecule is CNc1cc(C)nc(Nc2cc(OCCCN3CCCC3)c3oncc3c2)n1. The zero-order chi connectivity index (χ0) is 19.3. The molecule has 2 aromatic heterocycles. The van der Waals surface area contributed by atoms with Crippen LogP contribution in [0.2, 0.25) is 0 Å². The summed E-state index contributed by atoms with van der Waals surface area (Å²) in [5, 5.41) is 11.1. The quantitative estimate of drug-likeness (QED) is 0.572. The second kappa shape index (κ2) is 8.43. The number of nitrogens with one attached hydrogen (secondary N) is 2. The van der Waals surface area contributed by atoms with Gasteiger partial charge in [0.1, 0.15) is 5.82 Å². The zero-order valence-electron chi connectivity index (χ0n) is 16.4. The van der Waals surface area contributed by atoms with E-state index in [0.717, 1.165) is 35.6 Å². The number of benzene rings is 1. The highest BCUT2D eigenvalue weighted by molar-refractivity contribution is 5.86. The van der Waals surface area contributed by atoms with E-state index in [4.69, 9.17) is 9.26 Å². The van der Waals surface area contributed by atoms with Gasteiger partial charge in [0.15, 0.2) is 5.75 Å². The third kappa shape index (κ3) is 4.33. The van der Waals surface area contributed by atoms with Crippen molar-refractivity contribution in [2.75, 3.05) is 43.9 Å². The second-order valence-corrected chi connectivity index (χ2v) is 7.06. The highest BCUT2D eigenvalue weighted by Gasteiger charge is 2.13. The molecule has 3 aromatic rings. The highest BCUT2D eigenvalue weighted by Crippen LogP contribution is 2.31. The molecular formula is C20H26N6O2. The average Bonchev–Trinajstić information content (AvgIpc) is 3.36. The Hall–Kier alpha value is -2.87. The number of anilines is 3. The van der Waals surface area contributed by atoms with Gasteiger partial charge in [-0.05, 0) is 45.3 Å². The van der Waals surface area contributed by atoms with Crippen LogP contribution >= 0.6 is 0 Å². The smallest absolute Gasteiger partial charge is 0.229 e. The Morgan fingerprint density at radius 1 is 1.18 bits per heavy atom. The molecule has 0 unspecified atom stereocenters. The van der Waals surface area contributed by atoms with Crippen LogP contribution in [0.1, 0.15) is 25.0 Å². The summed E-state index contributed by atoms with van der Waals surface area (Å²) in [6.45, 7) is 6.06. The van der Waals surface area contributed by atoms with Gasteiger partial charge in [0, 0.05) is 42.5 Å². The van der Waals surface area contributed by atoms with Crippen molar-refractivity contribution in [1.82, 2.24) is 20.0 Å². The molecule has 0 spiro atoms. The lowest BCUT2D eigenvalue weighted by Crippen LogP contribution is -2.21. The van der Waals surface area contributed by atoms with Gasteiger partial charge in [0.05, 0.1) is 12.8 Å². The summed E-state index contributed by atoms with van der Waals surface area (Å²) >= 11 is 0. The van der Waals surface area contributed by atoms with Gasteiger partial charge in [0.25, 0.3) is 0 Å². The second-order valence-electron chi connectivity index (χ2n) is 7.06. The Morgan fingerprint density at radius 2 is 2.04 bits per heavy atom. The van der Waals surface area contributed by atoms with E-state index in [0.29, 0.717) is 23.9 Å². The number of fused-ring (bicyclic) bond motifs is 1. The number of rotatable bonds is 8. The largest absolute Gasteiger partial charge is 0.489 e. The number of aryl methyl sites for hydroxylation is 1. The van der Waals surface area contributed by atoms with Gasteiger partial charge in [-0.15, -0.1) is 0 Å². The molecule has 0 atom stereocenters. The van der Waals surface area contributed by atoms with E-state index in [-0.39, 0.29) is 0 Å². The lowest BCUT2D eigenvalue weighted by molar-refractivity contribution is 0.262. The van der Waals surface area contributed by atoms with Crippen LogP contribution in [0.25, 0.3) is 11.0 Å². The molecule has 1 aromatic carbocycles. The van der Waals surface area contributed by atoms with Gasteiger partial charge in [-0.3, -0.25) is 0 Å². The highest BCUT2D eigenvalue weighted by atomic mass is 16.5. The van der Waals surface area contributed by atoms with E-state index in [1.165, 1.54) is 25.9 Å². The summed E-state index contributed by atoms with van der Waals surface area (Å²) in [5.74, 6) is 1.97. The maximum atomic E-state index is 6.03. The summed E-state index contributed by atoms with van der Waals surface area (Å²) in [6.07, 6.45) is 5.29. The summed E-state index contributed by atoms with van der Waals surface area (Å²) in [5.41, 5.74) is 2.37. The van der Waals surface area contributed by atoms with Gasteiger partial charge in [-0.25, -0.2) is 4.98 Å². The minimum Gasteiger partial charge on any atom is -0.489 e. The van der Waals surface area contributed by atoms with Crippen molar-refractivity contribution in [2.45, 2.75) is 26.2 Å². The van der Waals surface area contributed by atoms with Crippen LogP contribution in [-0.2, 0) is 0 Å². The van der Waals surface area contributed by atoms with Gasteiger partial charge in [-0.1, -0.05) is 5.16 Å². The molecule has 8 nitrogen and oxygen atoms in total. The van der Waals surface area contributed by atoms with Gasteiger partial charge in [0.2, 0.25) is 11.5 Å². The summed E-state index contributed by atoms with van der Waals surface area (Å²) < 4.78 is 11.4. The monoisotopic (exact) mass is 382 g/mol. The topological polar surface area (TPSA) is 88.3 Å². The predicted molar refractivity (Wildman–Crippen MR) is 109 cm³/mol. The molecule has 1 saturated heterocycles. The predicted octanol–water partition coefficient (Wildman–Crippen LogP) is 3.58. The number of aromatic nitrogens is 3. The fourth-order valence-electron chi connectivity index (χ4n) is 3.49. The fourth-order valence-corrected chi connectivity index (χ4v) is 3.49. The minimum absolute atomic E-state index is 0.528. The van der Waals surface area contributed by atoms with Crippen molar-refractivity contribution in [1.29, 1.82) is 0 Å². The van der Waals surface area contributed by atoms with Crippen molar-refractivity contribution in [2.24, 2.45) is 0 Å². The zero-order valence-corrected chi connectivity index (χ0v) is 16.4. The molecule has 1 fully saturated rings. The van der Waals surface area contributed by atoms with Crippen LogP contribution in [0.5, 0.6) is 5.75 Å². The molecule has 0 bridgehead atoms. The Bertz CT molecular complexity index is 936. The average molecular weight is 382 g/mol. The van der Waals surface area contributed by atoms with E-state index in [1.807, 2.05) is 32.2 Å². The first-order chi connectivity index (χ1) is 13.7. The molecule has 148 valence electrons. The van der Waals surface area contributed by atoms with Crippen LogP contribution in [0.4, 0.5) is 17.5 Å². The van der Waals surface area contributed by atoms with E-state index < -0.39 is 0 Å². The van der Waals surface area contributed by atoms with E-state index in [2.05, 4.69) is 30.7 Å². The Labute approximate surface area is 164 Å². The Morgan fingerprint density at radius 3 is 2.86 bits per heavy atom. The summed E-state index contributed by atoms with van der Waals surface area (Å²) in [7, 11) is 1.84. The maximum absolute atomic E-state index is 6.03. The lowest BCUT2D eigenvalue weighted by atomic mass is 10.2. The first-order valence-corrected chi connectivity index (χ1v) is 9.75. The molecule has 4 rings (SSSR count). The molecule has 0 saturated carbocycles. The number of likely N-dealkylation sites (tertiary alicyclic amines) is 1. The van der Waals surface area contributed by atoms with Crippen LogP contribution in [0.15, 0.2) is 28.9 Å². The van der Waals surface area contributed by atoms with E-state index in [9.17, 15) is 0 Å². The van der Waals surface area contributed by atoms with E-state index in [1.54, 1.807) is 6.20 Å². The number of hydrogen-bond donors (Lipinski definition) is 2. The summed E-state index contributed by atoms with van der Waals surface area (Å²) in [4.78, 5) is 11.4. The Balaban J connectivity index is 1.47. The van der Waals surface area contributed by atoms with Gasteiger partial charge < -0.3 is 24.8 Å². The maximum Gasteiger partial charge on any atom is 0.229 e.